The Hall–Kier alpha value is -3.14. The average Bonchev–Trinajstić information content (AvgIpc) is 2.54. The molecule has 1 aliphatic rings. The van der Waals surface area contributed by atoms with Crippen molar-refractivity contribution in [3.05, 3.63) is 63.0 Å². The molecule has 0 bridgehead atoms. The van der Waals surface area contributed by atoms with Gasteiger partial charge in [-0.15, -0.1) is 0 Å². The summed E-state index contributed by atoms with van der Waals surface area (Å²) >= 11 is 0. The van der Waals surface area contributed by atoms with Crippen LogP contribution >= 0.6 is 0 Å². The van der Waals surface area contributed by atoms with Crippen molar-refractivity contribution >= 4 is 11.5 Å². The van der Waals surface area contributed by atoms with E-state index in [1.807, 2.05) is 6.92 Å². The largest absolute Gasteiger partial charge is 0.404 e. The van der Waals surface area contributed by atoms with Crippen LogP contribution in [0.1, 0.15) is 31.2 Å². The van der Waals surface area contributed by atoms with Crippen LogP contribution in [0.2, 0.25) is 0 Å². The van der Waals surface area contributed by atoms with Crippen molar-refractivity contribution < 1.29 is 4.92 Å². The lowest BCUT2D eigenvalue weighted by molar-refractivity contribution is -0.385. The number of nitrogens with zero attached hydrogens (tertiary/aromatic N) is 3. The topological polar surface area (TPSA) is 131 Å². The number of amidine groups is 1. The van der Waals surface area contributed by atoms with Gasteiger partial charge < -0.3 is 11.5 Å². The van der Waals surface area contributed by atoms with Gasteiger partial charge in [0.1, 0.15) is 5.84 Å². The molecule has 0 saturated heterocycles. The van der Waals surface area contributed by atoms with Crippen molar-refractivity contribution in [2.45, 2.75) is 25.7 Å². The predicted molar refractivity (Wildman–Crippen MR) is 87.3 cm³/mol. The highest BCUT2D eigenvalue weighted by Crippen LogP contribution is 2.41. The monoisotopic (exact) mass is 311 g/mol. The van der Waals surface area contributed by atoms with Crippen LogP contribution in [-0.2, 0) is 0 Å². The molecule has 1 atom stereocenters. The summed E-state index contributed by atoms with van der Waals surface area (Å²) in [6.07, 6.45) is 2.61. The first kappa shape index (κ1) is 16.2. The minimum absolute atomic E-state index is 0.0739. The maximum Gasteiger partial charge on any atom is 0.273 e. The van der Waals surface area contributed by atoms with Gasteiger partial charge in [-0.3, -0.25) is 10.1 Å². The fourth-order valence-corrected chi connectivity index (χ4v) is 2.70. The minimum atomic E-state index is -0.675. The fourth-order valence-electron chi connectivity index (χ4n) is 2.70. The van der Waals surface area contributed by atoms with Gasteiger partial charge >= 0.3 is 0 Å². The zero-order valence-corrected chi connectivity index (χ0v) is 12.7. The van der Waals surface area contributed by atoms with Crippen molar-refractivity contribution in [2.24, 2.45) is 16.5 Å². The third-order valence-corrected chi connectivity index (χ3v) is 3.69. The van der Waals surface area contributed by atoms with E-state index in [1.54, 1.807) is 18.2 Å². The number of nitro groups is 1. The van der Waals surface area contributed by atoms with Gasteiger partial charge in [0.25, 0.3) is 5.69 Å². The van der Waals surface area contributed by atoms with Crippen LogP contribution in [-0.4, -0.2) is 10.8 Å². The first-order chi connectivity index (χ1) is 11.0. The van der Waals surface area contributed by atoms with Gasteiger partial charge in [0.05, 0.1) is 28.2 Å². The number of hydrogen-bond donors (Lipinski definition) is 2. The normalized spacial score (nSPS) is 19.4. The molecule has 2 rings (SSSR count). The van der Waals surface area contributed by atoms with Crippen molar-refractivity contribution in [3.63, 3.8) is 0 Å². The third-order valence-electron chi connectivity index (χ3n) is 3.69. The Morgan fingerprint density at radius 3 is 2.74 bits per heavy atom. The summed E-state index contributed by atoms with van der Waals surface area (Å²) in [5.74, 6) is -0.483. The zero-order chi connectivity index (χ0) is 17.0. The van der Waals surface area contributed by atoms with Crippen molar-refractivity contribution in [2.75, 3.05) is 0 Å². The summed E-state index contributed by atoms with van der Waals surface area (Å²) in [4.78, 5) is 15.1. The molecule has 1 heterocycles. The molecule has 1 aromatic rings. The average molecular weight is 311 g/mol. The molecule has 0 aliphatic carbocycles. The van der Waals surface area contributed by atoms with Gasteiger partial charge in [0.2, 0.25) is 0 Å². The first-order valence-corrected chi connectivity index (χ1v) is 7.17. The van der Waals surface area contributed by atoms with E-state index in [4.69, 9.17) is 11.5 Å². The smallest absolute Gasteiger partial charge is 0.273 e. The lowest BCUT2D eigenvalue weighted by Crippen LogP contribution is -2.27. The van der Waals surface area contributed by atoms with E-state index in [1.165, 1.54) is 12.3 Å². The number of allylic oxidation sites excluding steroid dienone is 2. The maximum atomic E-state index is 11.3. The second-order valence-electron chi connectivity index (χ2n) is 5.09. The summed E-state index contributed by atoms with van der Waals surface area (Å²) in [5, 5.41) is 20.9. The highest BCUT2D eigenvalue weighted by molar-refractivity contribution is 6.01. The summed E-state index contributed by atoms with van der Waals surface area (Å²) in [6.45, 7) is 1.96. The van der Waals surface area contributed by atoms with Crippen LogP contribution in [0.15, 0.2) is 52.3 Å². The molecule has 0 spiro atoms. The van der Waals surface area contributed by atoms with Crippen LogP contribution < -0.4 is 11.5 Å². The summed E-state index contributed by atoms with van der Waals surface area (Å²) < 4.78 is 0. The van der Waals surface area contributed by atoms with E-state index in [-0.39, 0.29) is 11.5 Å². The van der Waals surface area contributed by atoms with E-state index in [0.717, 1.165) is 6.42 Å². The molecule has 23 heavy (non-hydrogen) atoms. The van der Waals surface area contributed by atoms with Gasteiger partial charge in [0.15, 0.2) is 0 Å². The summed E-state index contributed by atoms with van der Waals surface area (Å²) in [5.41, 5.74) is 13.3. The van der Waals surface area contributed by atoms with Crippen LogP contribution in [0, 0.1) is 21.4 Å². The Kier molecular flexibility index (Phi) is 4.76. The first-order valence-electron chi connectivity index (χ1n) is 7.17. The predicted octanol–water partition coefficient (Wildman–Crippen LogP) is 2.47. The van der Waals surface area contributed by atoms with E-state index in [0.29, 0.717) is 28.8 Å². The third kappa shape index (κ3) is 2.92. The number of para-hydroxylation sites is 1. The lowest BCUT2D eigenvalue weighted by atomic mass is 9.80. The van der Waals surface area contributed by atoms with E-state index in [2.05, 4.69) is 11.1 Å². The van der Waals surface area contributed by atoms with Crippen LogP contribution in [0.3, 0.4) is 0 Å². The Morgan fingerprint density at radius 2 is 2.17 bits per heavy atom. The Bertz CT molecular complexity index is 771. The molecule has 1 unspecified atom stereocenters. The number of hydrogen-bond acceptors (Lipinski definition) is 6. The lowest BCUT2D eigenvalue weighted by Gasteiger charge is -2.25. The molecule has 1 aliphatic heterocycles. The molecular formula is C16H17N5O2. The molecule has 1 aromatic carbocycles. The van der Waals surface area contributed by atoms with Crippen molar-refractivity contribution in [3.8, 4) is 6.07 Å². The van der Waals surface area contributed by atoms with E-state index in [9.17, 15) is 15.4 Å². The molecular weight excluding hydrogens is 294 g/mol. The number of rotatable bonds is 4. The van der Waals surface area contributed by atoms with Crippen LogP contribution in [0.25, 0.3) is 0 Å². The SMILES string of the molecule is CCCC1=C(C#N)C(c2ccccc2[N+](=O)[O-])/C(=C/N)C(N)=N1. The number of nitro benzene ring substituents is 1. The molecule has 7 nitrogen and oxygen atoms in total. The van der Waals surface area contributed by atoms with Crippen LogP contribution in [0.4, 0.5) is 5.69 Å². The Morgan fingerprint density at radius 1 is 1.48 bits per heavy atom. The minimum Gasteiger partial charge on any atom is -0.404 e. The fraction of sp³-hybridized carbons (Fsp3) is 0.250. The quantitative estimate of drug-likeness (QED) is 0.651. The maximum absolute atomic E-state index is 11.3. The van der Waals surface area contributed by atoms with Crippen molar-refractivity contribution in [1.82, 2.24) is 0 Å². The molecule has 0 fully saturated rings. The molecule has 0 amide bonds. The molecule has 0 radical (unpaired) electrons. The van der Waals surface area contributed by atoms with Gasteiger partial charge in [-0.25, -0.2) is 4.99 Å². The number of aliphatic imine (C=N–C) groups is 1. The standard InChI is InChI=1S/C16H17N5O2/c1-2-5-13-11(8-17)15(12(9-18)16(19)20-13)10-6-3-4-7-14(10)21(22)23/h3-4,6-7,9,15H,2,5,18H2,1H3,(H2,19,20)/b12-9-. The Labute approximate surface area is 133 Å². The molecule has 0 aromatic heterocycles. The van der Waals surface area contributed by atoms with E-state index < -0.39 is 10.8 Å². The van der Waals surface area contributed by atoms with Gasteiger partial charge in [-0.1, -0.05) is 31.5 Å². The Balaban J connectivity index is 2.74. The van der Waals surface area contributed by atoms with Crippen LogP contribution in [0.5, 0.6) is 0 Å². The van der Waals surface area contributed by atoms with Gasteiger partial charge in [-0.05, 0) is 6.42 Å². The number of nitriles is 1. The highest BCUT2D eigenvalue weighted by Gasteiger charge is 2.34. The van der Waals surface area contributed by atoms with E-state index >= 15 is 0 Å². The second kappa shape index (κ2) is 6.75. The number of nitrogens with two attached hydrogens (primary N) is 2. The highest BCUT2D eigenvalue weighted by atomic mass is 16.6. The summed E-state index contributed by atoms with van der Waals surface area (Å²) in [7, 11) is 0. The molecule has 4 N–H and O–H groups in total. The molecule has 0 saturated carbocycles. The summed E-state index contributed by atoms with van der Waals surface area (Å²) in [6, 6.07) is 8.42. The number of benzene rings is 1. The van der Waals surface area contributed by atoms with Gasteiger partial charge in [-0.2, -0.15) is 5.26 Å². The van der Waals surface area contributed by atoms with Crippen molar-refractivity contribution in [1.29, 1.82) is 5.26 Å². The van der Waals surface area contributed by atoms with Gasteiger partial charge in [0, 0.05) is 23.4 Å². The molecule has 7 heteroatoms. The zero-order valence-electron chi connectivity index (χ0n) is 12.7. The molecule has 118 valence electrons. The second-order valence-corrected chi connectivity index (χ2v) is 5.09.